The highest BCUT2D eigenvalue weighted by atomic mass is 35.5. The van der Waals surface area contributed by atoms with E-state index in [9.17, 15) is 9.59 Å². The summed E-state index contributed by atoms with van der Waals surface area (Å²) in [6.45, 7) is 3.60. The Morgan fingerprint density at radius 1 is 1.03 bits per heavy atom. The van der Waals surface area contributed by atoms with Crippen LogP contribution in [0.1, 0.15) is 11.1 Å². The zero-order chi connectivity index (χ0) is 21.4. The van der Waals surface area contributed by atoms with Crippen LogP contribution in [0, 0.1) is 13.8 Å². The molecule has 0 aliphatic carbocycles. The number of carbonyl (C=O) groups is 1. The third-order valence-electron chi connectivity index (χ3n) is 4.64. The molecule has 0 spiro atoms. The summed E-state index contributed by atoms with van der Waals surface area (Å²) < 4.78 is 11.4. The fourth-order valence-corrected chi connectivity index (χ4v) is 3.78. The smallest absolute Gasteiger partial charge is 0.262 e. The molecule has 30 heavy (non-hydrogen) atoms. The molecule has 7 heteroatoms. The lowest BCUT2D eigenvalue weighted by molar-refractivity contribution is -0.118. The lowest BCUT2D eigenvalue weighted by Crippen LogP contribution is -2.20. The van der Waals surface area contributed by atoms with E-state index < -0.39 is 0 Å². The van der Waals surface area contributed by atoms with Crippen molar-refractivity contribution in [3.8, 4) is 5.75 Å². The van der Waals surface area contributed by atoms with E-state index in [0.29, 0.717) is 43.4 Å². The number of fused-ring (bicyclic) bond motifs is 2. The van der Waals surface area contributed by atoms with Gasteiger partial charge in [-0.25, -0.2) is 0 Å². The van der Waals surface area contributed by atoms with Crippen molar-refractivity contribution < 1.29 is 13.9 Å². The molecule has 5 nitrogen and oxygen atoms in total. The third kappa shape index (κ3) is 3.99. The van der Waals surface area contributed by atoms with Gasteiger partial charge in [-0.15, -0.1) is 0 Å². The number of anilines is 1. The molecule has 0 saturated heterocycles. The Morgan fingerprint density at radius 2 is 1.83 bits per heavy atom. The Kier molecular flexibility index (Phi) is 5.41. The monoisotopic (exact) mass is 441 g/mol. The largest absolute Gasteiger partial charge is 0.482 e. The first-order valence-corrected chi connectivity index (χ1v) is 9.93. The molecule has 4 aromatic rings. The molecule has 152 valence electrons. The molecule has 1 amide bonds. The Hall–Kier alpha value is -3.02. The van der Waals surface area contributed by atoms with Crippen LogP contribution in [0.15, 0.2) is 57.7 Å². The number of ether oxygens (including phenoxy) is 1. The van der Waals surface area contributed by atoms with Crippen molar-refractivity contribution in [3.63, 3.8) is 0 Å². The van der Waals surface area contributed by atoms with Crippen LogP contribution in [-0.2, 0) is 4.79 Å². The lowest BCUT2D eigenvalue weighted by atomic mass is 10.1. The van der Waals surface area contributed by atoms with Crippen molar-refractivity contribution in [2.24, 2.45) is 0 Å². The Labute approximate surface area is 182 Å². The fraction of sp³-hybridized carbons (Fsp3) is 0.130. The summed E-state index contributed by atoms with van der Waals surface area (Å²) in [4.78, 5) is 25.1. The predicted octanol–water partition coefficient (Wildman–Crippen LogP) is 5.89. The molecule has 0 saturated carbocycles. The van der Waals surface area contributed by atoms with Crippen LogP contribution in [0.25, 0.3) is 21.9 Å². The highest BCUT2D eigenvalue weighted by Crippen LogP contribution is 2.28. The molecule has 1 N–H and O–H groups in total. The summed E-state index contributed by atoms with van der Waals surface area (Å²) in [6.07, 6.45) is 0. The van der Waals surface area contributed by atoms with Crippen molar-refractivity contribution >= 4 is 56.7 Å². The summed E-state index contributed by atoms with van der Waals surface area (Å²) in [5.74, 6) is -0.0201. The van der Waals surface area contributed by atoms with Gasteiger partial charge in [0.25, 0.3) is 5.91 Å². The molecule has 0 aliphatic heterocycles. The number of rotatable bonds is 4. The number of halogens is 2. The van der Waals surface area contributed by atoms with Gasteiger partial charge in [0.05, 0.1) is 15.8 Å². The predicted molar refractivity (Wildman–Crippen MR) is 120 cm³/mol. The minimum absolute atomic E-state index is 0.100. The number of aryl methyl sites for hydroxylation is 2. The lowest BCUT2D eigenvalue weighted by Gasteiger charge is -2.10. The van der Waals surface area contributed by atoms with Gasteiger partial charge in [-0.3, -0.25) is 9.59 Å². The highest BCUT2D eigenvalue weighted by Gasteiger charge is 2.12. The summed E-state index contributed by atoms with van der Waals surface area (Å²) in [7, 11) is 0. The van der Waals surface area contributed by atoms with Crippen LogP contribution in [0.3, 0.4) is 0 Å². The van der Waals surface area contributed by atoms with Crippen molar-refractivity contribution in [1.29, 1.82) is 0 Å². The number of carbonyl (C=O) groups excluding carboxylic acids is 1. The molecule has 0 bridgehead atoms. The topological polar surface area (TPSA) is 68.5 Å². The summed E-state index contributed by atoms with van der Waals surface area (Å²) >= 11 is 11.9. The normalized spacial score (nSPS) is 11.1. The van der Waals surface area contributed by atoms with E-state index in [1.54, 1.807) is 30.3 Å². The van der Waals surface area contributed by atoms with Gasteiger partial charge in [-0.1, -0.05) is 29.3 Å². The van der Waals surface area contributed by atoms with Gasteiger partial charge in [0.2, 0.25) is 5.43 Å². The van der Waals surface area contributed by atoms with Gasteiger partial charge < -0.3 is 14.5 Å². The number of amides is 1. The molecular weight excluding hydrogens is 425 g/mol. The molecule has 0 unspecified atom stereocenters. The zero-order valence-electron chi connectivity index (χ0n) is 16.2. The van der Waals surface area contributed by atoms with Crippen LogP contribution < -0.4 is 15.5 Å². The van der Waals surface area contributed by atoms with Crippen LogP contribution in [0.4, 0.5) is 5.69 Å². The summed E-state index contributed by atoms with van der Waals surface area (Å²) in [5, 5.41) is 4.53. The van der Waals surface area contributed by atoms with Crippen molar-refractivity contribution in [2.75, 3.05) is 11.9 Å². The maximum atomic E-state index is 12.9. The minimum atomic E-state index is -0.379. The number of hydrogen-bond acceptors (Lipinski definition) is 4. The fourth-order valence-electron chi connectivity index (χ4n) is 3.32. The van der Waals surface area contributed by atoms with Crippen molar-refractivity contribution in [2.45, 2.75) is 13.8 Å². The van der Waals surface area contributed by atoms with Crippen molar-refractivity contribution in [3.05, 3.63) is 79.9 Å². The number of benzene rings is 3. The first-order valence-electron chi connectivity index (χ1n) is 9.17. The SMILES string of the molecule is Cc1cc(C)c2oc3cc(NC(=O)COc4ccc(Cl)cc4Cl)ccc3c(=O)c2c1. The van der Waals surface area contributed by atoms with E-state index in [1.165, 1.54) is 6.07 Å². The molecule has 1 heterocycles. The van der Waals surface area contributed by atoms with Crippen LogP contribution in [-0.4, -0.2) is 12.5 Å². The number of hydrogen-bond donors (Lipinski definition) is 1. The van der Waals surface area contributed by atoms with Crippen LogP contribution in [0.2, 0.25) is 10.0 Å². The van der Waals surface area contributed by atoms with Gasteiger partial charge >= 0.3 is 0 Å². The van der Waals surface area contributed by atoms with E-state index >= 15 is 0 Å². The van der Waals surface area contributed by atoms with E-state index in [0.717, 1.165) is 11.1 Å². The van der Waals surface area contributed by atoms with Crippen LogP contribution >= 0.6 is 23.2 Å². The molecule has 0 radical (unpaired) electrons. The number of nitrogens with one attached hydrogen (secondary N) is 1. The van der Waals surface area contributed by atoms with E-state index in [-0.39, 0.29) is 17.9 Å². The second-order valence-electron chi connectivity index (χ2n) is 7.01. The molecule has 0 atom stereocenters. The van der Waals surface area contributed by atoms with Gasteiger partial charge in [-0.2, -0.15) is 0 Å². The Morgan fingerprint density at radius 3 is 2.60 bits per heavy atom. The second kappa shape index (κ2) is 8.01. The summed E-state index contributed by atoms with van der Waals surface area (Å²) in [5.41, 5.74) is 3.21. The van der Waals surface area contributed by atoms with Crippen molar-refractivity contribution in [1.82, 2.24) is 0 Å². The van der Waals surface area contributed by atoms with Gasteiger partial charge in [0.1, 0.15) is 16.9 Å². The third-order valence-corrected chi connectivity index (χ3v) is 5.17. The molecule has 1 aromatic heterocycles. The molecule has 4 rings (SSSR count). The van der Waals surface area contributed by atoms with E-state index in [1.807, 2.05) is 26.0 Å². The average Bonchev–Trinajstić information content (AvgIpc) is 2.68. The molecule has 0 aliphatic rings. The standard InChI is InChI=1S/C23H17Cl2NO4/c1-12-7-13(2)23-17(8-12)22(28)16-5-4-15(10-20(16)30-23)26-21(27)11-29-19-6-3-14(24)9-18(19)25/h3-10H,11H2,1-2H3,(H,26,27). The maximum absolute atomic E-state index is 12.9. The van der Waals surface area contributed by atoms with E-state index in [2.05, 4.69) is 5.32 Å². The Bertz CT molecular complexity index is 1360. The quantitative estimate of drug-likeness (QED) is 0.401. The van der Waals surface area contributed by atoms with E-state index in [4.69, 9.17) is 32.4 Å². The van der Waals surface area contributed by atoms with Crippen LogP contribution in [0.5, 0.6) is 5.75 Å². The maximum Gasteiger partial charge on any atom is 0.262 e. The first kappa shape index (κ1) is 20.3. The molecule has 0 fully saturated rings. The summed E-state index contributed by atoms with van der Waals surface area (Å²) in [6, 6.07) is 13.5. The van der Waals surface area contributed by atoms with Gasteiger partial charge in [0.15, 0.2) is 6.61 Å². The molecular formula is C23H17Cl2NO4. The average molecular weight is 442 g/mol. The highest BCUT2D eigenvalue weighted by molar-refractivity contribution is 6.35. The van der Waals surface area contributed by atoms with Gasteiger partial charge in [0, 0.05) is 16.8 Å². The molecule has 3 aromatic carbocycles. The zero-order valence-corrected chi connectivity index (χ0v) is 17.7. The second-order valence-corrected chi connectivity index (χ2v) is 7.86. The first-order chi connectivity index (χ1) is 14.3. The minimum Gasteiger partial charge on any atom is -0.482 e. The Balaban J connectivity index is 1.58. The van der Waals surface area contributed by atoms with Gasteiger partial charge in [-0.05, 0) is 61.4 Å².